The second-order valence-corrected chi connectivity index (χ2v) is 10.4. The van der Waals surface area contributed by atoms with Gasteiger partial charge in [0.2, 0.25) is 0 Å². The van der Waals surface area contributed by atoms with Crippen LogP contribution in [0, 0.1) is 0 Å². The maximum atomic E-state index is 4.69. The number of aliphatic imine (C=N–C) groups is 1. The number of anilines is 1. The number of rotatable bonds is 4. The lowest BCUT2D eigenvalue weighted by Gasteiger charge is -2.12. The lowest BCUT2D eigenvalue weighted by Crippen LogP contribution is -2.00. The summed E-state index contributed by atoms with van der Waals surface area (Å²) >= 11 is 21.2. The Bertz CT molecular complexity index is 827. The highest BCUT2D eigenvalue weighted by Crippen LogP contribution is 2.37. The molecule has 0 radical (unpaired) electrons. The molecule has 0 spiro atoms. The molecule has 0 aliphatic rings. The minimum atomic E-state index is 0.857. The monoisotopic (exact) mass is 718 g/mol. The first kappa shape index (κ1) is 21.8. The van der Waals surface area contributed by atoms with Crippen LogP contribution in [0.3, 0.4) is 0 Å². The van der Waals surface area contributed by atoms with Crippen molar-refractivity contribution >= 4 is 113 Å². The van der Waals surface area contributed by atoms with Gasteiger partial charge in [-0.05, 0) is 108 Å². The molecule has 0 aliphatic heterocycles. The molecule has 0 saturated carbocycles. The fourth-order valence-electron chi connectivity index (χ4n) is 2.06. The Kier molecular flexibility index (Phi) is 8.42. The smallest absolute Gasteiger partial charge is 0.0917 e. The first-order valence-corrected chi connectivity index (χ1v) is 11.7. The van der Waals surface area contributed by atoms with E-state index >= 15 is 0 Å². The molecule has 8 heteroatoms. The van der Waals surface area contributed by atoms with Crippen molar-refractivity contribution in [3.05, 3.63) is 62.9 Å². The topological polar surface area (TPSA) is 24.4 Å². The Labute approximate surface area is 197 Å². The normalized spacial score (nSPS) is 12.5. The highest BCUT2D eigenvalue weighted by atomic mass is 79.9. The Morgan fingerprint density at radius 2 is 1.24 bits per heavy atom. The SMILES string of the molecule is CC(/C=C(/C)Nc1c(Br)cc(Br)cc1Br)=Nc1c(Br)cc(Br)cc1Br. The molecule has 0 saturated heterocycles. The molecule has 2 aromatic rings. The summed E-state index contributed by atoms with van der Waals surface area (Å²) in [5.41, 5.74) is 3.69. The van der Waals surface area contributed by atoms with Gasteiger partial charge in [0.15, 0.2) is 0 Å². The molecule has 132 valence electrons. The van der Waals surface area contributed by atoms with Crippen molar-refractivity contribution in [1.29, 1.82) is 0 Å². The van der Waals surface area contributed by atoms with E-state index in [1.54, 1.807) is 0 Å². The first-order valence-electron chi connectivity index (χ1n) is 6.97. The van der Waals surface area contributed by atoms with E-state index in [0.717, 1.165) is 49.6 Å². The minimum absolute atomic E-state index is 0.857. The minimum Gasteiger partial charge on any atom is -0.357 e. The van der Waals surface area contributed by atoms with Gasteiger partial charge in [0.25, 0.3) is 0 Å². The van der Waals surface area contributed by atoms with Crippen LogP contribution in [0.1, 0.15) is 13.8 Å². The van der Waals surface area contributed by atoms with Crippen LogP contribution in [0.15, 0.2) is 67.9 Å². The second-order valence-electron chi connectivity index (χ2n) is 5.17. The first-order chi connectivity index (χ1) is 11.7. The molecule has 2 nitrogen and oxygen atoms in total. The van der Waals surface area contributed by atoms with E-state index in [2.05, 4.69) is 101 Å². The molecule has 0 aromatic heterocycles. The van der Waals surface area contributed by atoms with Gasteiger partial charge in [-0.15, -0.1) is 0 Å². The lowest BCUT2D eigenvalue weighted by atomic mass is 10.2. The van der Waals surface area contributed by atoms with E-state index in [1.165, 1.54) is 0 Å². The Morgan fingerprint density at radius 3 is 1.72 bits per heavy atom. The second kappa shape index (κ2) is 9.64. The zero-order chi connectivity index (χ0) is 18.7. The molecule has 1 N–H and O–H groups in total. The van der Waals surface area contributed by atoms with E-state index in [9.17, 15) is 0 Å². The molecule has 0 fully saturated rings. The fourth-order valence-corrected chi connectivity index (χ4v) is 6.95. The van der Waals surface area contributed by atoms with Crippen molar-refractivity contribution in [3.8, 4) is 0 Å². The van der Waals surface area contributed by atoms with Crippen molar-refractivity contribution in [2.45, 2.75) is 13.8 Å². The van der Waals surface area contributed by atoms with Gasteiger partial charge in [-0.25, -0.2) is 0 Å². The zero-order valence-corrected chi connectivity index (χ0v) is 22.6. The quantitative estimate of drug-likeness (QED) is 0.313. The summed E-state index contributed by atoms with van der Waals surface area (Å²) < 4.78 is 5.77. The predicted molar refractivity (Wildman–Crippen MR) is 129 cm³/mol. The maximum absolute atomic E-state index is 4.69. The van der Waals surface area contributed by atoms with Gasteiger partial charge < -0.3 is 5.32 Å². The van der Waals surface area contributed by atoms with Gasteiger partial charge in [-0.2, -0.15) is 0 Å². The molecule has 0 amide bonds. The van der Waals surface area contributed by atoms with Crippen molar-refractivity contribution in [3.63, 3.8) is 0 Å². The molecule has 0 heterocycles. The van der Waals surface area contributed by atoms with E-state index in [-0.39, 0.29) is 0 Å². The summed E-state index contributed by atoms with van der Waals surface area (Å²) in [4.78, 5) is 4.69. The summed E-state index contributed by atoms with van der Waals surface area (Å²) in [6, 6.07) is 7.94. The van der Waals surface area contributed by atoms with Gasteiger partial charge in [-0.3, -0.25) is 4.99 Å². The van der Waals surface area contributed by atoms with E-state index in [0.29, 0.717) is 0 Å². The molecule has 2 rings (SSSR count). The summed E-state index contributed by atoms with van der Waals surface area (Å²) in [6.45, 7) is 3.98. The third-order valence-corrected chi connectivity index (χ3v) is 6.40. The molecular weight excluding hydrogens is 712 g/mol. The standard InChI is InChI=1S/C17H12Br6N2/c1-8(24-16-12(20)4-10(18)5-13(16)21)3-9(2)25-17-14(22)6-11(19)7-15(17)23/h3-7,24H,1-2H3/b8-3-,25-9?. The Balaban J connectivity index is 2.28. The molecule has 2 aromatic carbocycles. The van der Waals surface area contributed by atoms with Gasteiger partial charge in [0.05, 0.1) is 11.4 Å². The summed E-state index contributed by atoms with van der Waals surface area (Å²) in [5, 5.41) is 3.40. The molecular formula is C17H12Br6N2. The molecule has 0 atom stereocenters. The number of allylic oxidation sites excluding steroid dienone is 2. The van der Waals surface area contributed by atoms with E-state index in [4.69, 9.17) is 4.99 Å². The number of hydrogen-bond acceptors (Lipinski definition) is 2. The van der Waals surface area contributed by atoms with Crippen LogP contribution in [-0.4, -0.2) is 5.71 Å². The Hall–Kier alpha value is 0.530. The molecule has 0 unspecified atom stereocenters. The number of nitrogens with one attached hydrogen (secondary N) is 1. The predicted octanol–water partition coefficient (Wildman–Crippen LogP) is 9.37. The number of nitrogens with zero attached hydrogens (tertiary/aromatic N) is 1. The van der Waals surface area contributed by atoms with Gasteiger partial charge >= 0.3 is 0 Å². The molecule has 0 bridgehead atoms. The van der Waals surface area contributed by atoms with Crippen LogP contribution in [0.25, 0.3) is 0 Å². The van der Waals surface area contributed by atoms with Crippen LogP contribution in [0.4, 0.5) is 11.4 Å². The van der Waals surface area contributed by atoms with E-state index in [1.807, 2.05) is 44.2 Å². The Morgan fingerprint density at radius 1 is 0.800 bits per heavy atom. The van der Waals surface area contributed by atoms with Crippen LogP contribution in [-0.2, 0) is 0 Å². The summed E-state index contributed by atoms with van der Waals surface area (Å²) in [6.07, 6.45) is 2.00. The highest BCUT2D eigenvalue weighted by Gasteiger charge is 2.08. The zero-order valence-electron chi connectivity index (χ0n) is 13.1. The fraction of sp³-hybridized carbons (Fsp3) is 0.118. The average molecular weight is 724 g/mol. The van der Waals surface area contributed by atoms with Crippen LogP contribution >= 0.6 is 95.6 Å². The van der Waals surface area contributed by atoms with Crippen LogP contribution < -0.4 is 5.32 Å². The average Bonchev–Trinajstić information content (AvgIpc) is 2.46. The lowest BCUT2D eigenvalue weighted by molar-refractivity contribution is 1.35. The van der Waals surface area contributed by atoms with Crippen molar-refractivity contribution in [1.82, 2.24) is 0 Å². The van der Waals surface area contributed by atoms with Crippen molar-refractivity contribution < 1.29 is 0 Å². The van der Waals surface area contributed by atoms with Crippen LogP contribution in [0.5, 0.6) is 0 Å². The molecule has 25 heavy (non-hydrogen) atoms. The van der Waals surface area contributed by atoms with Gasteiger partial charge in [0.1, 0.15) is 0 Å². The summed E-state index contributed by atoms with van der Waals surface area (Å²) in [5.74, 6) is 0. The third-order valence-electron chi connectivity index (χ3n) is 3.02. The summed E-state index contributed by atoms with van der Waals surface area (Å²) in [7, 11) is 0. The largest absolute Gasteiger partial charge is 0.357 e. The third kappa shape index (κ3) is 6.28. The number of benzene rings is 2. The number of hydrogen-bond donors (Lipinski definition) is 1. The molecule has 0 aliphatic carbocycles. The van der Waals surface area contributed by atoms with Gasteiger partial charge in [0, 0.05) is 38.2 Å². The van der Waals surface area contributed by atoms with Gasteiger partial charge in [-0.1, -0.05) is 31.9 Å². The van der Waals surface area contributed by atoms with Crippen molar-refractivity contribution in [2.75, 3.05) is 5.32 Å². The van der Waals surface area contributed by atoms with Crippen molar-refractivity contribution in [2.24, 2.45) is 4.99 Å². The maximum Gasteiger partial charge on any atom is 0.0917 e. The van der Waals surface area contributed by atoms with E-state index < -0.39 is 0 Å². The number of halogens is 6. The van der Waals surface area contributed by atoms with Crippen LogP contribution in [0.2, 0.25) is 0 Å². The highest BCUT2D eigenvalue weighted by molar-refractivity contribution is 9.12.